The molecule has 0 radical (unpaired) electrons. The number of aromatic nitrogens is 4. The molecule has 3 aromatic heterocycles. The Morgan fingerprint density at radius 3 is 2.86 bits per heavy atom. The smallest absolute Gasteiger partial charge is 0.184 e. The molecule has 0 aliphatic heterocycles. The molecular formula is C18H16N6O3S2. The van der Waals surface area contributed by atoms with Crippen molar-refractivity contribution in [3.05, 3.63) is 53.8 Å². The van der Waals surface area contributed by atoms with E-state index in [1.807, 2.05) is 24.3 Å². The standard InChI is InChI=1S/C18H16N6O3S2/c1-27-13-5-3-4-12(8-13)24-18-15(10-22-24)17(19-11-20-18)23-21-9-14-6-7-16(28-14)29(2,25)26/h3-11H,1-2H3,(H,19,20,23)/b21-9+. The van der Waals surface area contributed by atoms with Crippen molar-refractivity contribution in [1.82, 2.24) is 19.7 Å². The van der Waals surface area contributed by atoms with Gasteiger partial charge in [-0.3, -0.25) is 5.43 Å². The average Bonchev–Trinajstić information content (AvgIpc) is 3.35. The van der Waals surface area contributed by atoms with Gasteiger partial charge in [-0.2, -0.15) is 10.2 Å². The molecule has 0 bridgehead atoms. The Morgan fingerprint density at radius 2 is 2.10 bits per heavy atom. The zero-order chi connectivity index (χ0) is 20.4. The number of hydrogen-bond acceptors (Lipinski definition) is 9. The molecule has 4 rings (SSSR count). The highest BCUT2D eigenvalue weighted by molar-refractivity contribution is 7.92. The Labute approximate surface area is 170 Å². The molecule has 1 N–H and O–H groups in total. The Hall–Kier alpha value is -3.31. The minimum atomic E-state index is -3.22. The van der Waals surface area contributed by atoms with Crippen LogP contribution in [0.1, 0.15) is 4.88 Å². The molecule has 0 fully saturated rings. The second-order valence-electron chi connectivity index (χ2n) is 6.02. The van der Waals surface area contributed by atoms with E-state index in [0.29, 0.717) is 31.7 Å². The second kappa shape index (κ2) is 7.60. The van der Waals surface area contributed by atoms with Gasteiger partial charge < -0.3 is 4.74 Å². The van der Waals surface area contributed by atoms with Crippen molar-refractivity contribution in [3.63, 3.8) is 0 Å². The van der Waals surface area contributed by atoms with Crippen LogP contribution in [-0.4, -0.2) is 47.7 Å². The van der Waals surface area contributed by atoms with Crippen LogP contribution in [0.3, 0.4) is 0 Å². The molecule has 1 aromatic carbocycles. The number of nitrogens with zero attached hydrogens (tertiary/aromatic N) is 5. The van der Waals surface area contributed by atoms with Crippen LogP contribution in [0.15, 0.2) is 58.2 Å². The van der Waals surface area contributed by atoms with Gasteiger partial charge in [-0.05, 0) is 24.3 Å². The molecule has 9 nitrogen and oxygen atoms in total. The topological polar surface area (TPSA) is 111 Å². The number of fused-ring (bicyclic) bond motifs is 1. The van der Waals surface area contributed by atoms with Gasteiger partial charge in [-0.15, -0.1) is 11.3 Å². The molecule has 0 amide bonds. The summed E-state index contributed by atoms with van der Waals surface area (Å²) in [6.45, 7) is 0. The van der Waals surface area contributed by atoms with Crippen molar-refractivity contribution < 1.29 is 13.2 Å². The van der Waals surface area contributed by atoms with Gasteiger partial charge in [-0.1, -0.05) is 6.07 Å². The summed E-state index contributed by atoms with van der Waals surface area (Å²) in [5.41, 5.74) is 4.29. The molecule has 0 spiro atoms. The predicted octanol–water partition coefficient (Wildman–Crippen LogP) is 2.74. The first kappa shape index (κ1) is 19.0. The summed E-state index contributed by atoms with van der Waals surface area (Å²) in [5.74, 6) is 1.20. The average molecular weight is 428 g/mol. The first-order valence-corrected chi connectivity index (χ1v) is 11.1. The van der Waals surface area contributed by atoms with Crippen molar-refractivity contribution in [2.24, 2.45) is 5.10 Å². The SMILES string of the molecule is COc1cccc(-n2ncc3c(N/N=C/c4ccc(S(C)(=O)=O)s4)ncnc32)c1. The fraction of sp³-hybridized carbons (Fsp3) is 0.111. The minimum absolute atomic E-state index is 0.294. The lowest BCUT2D eigenvalue weighted by atomic mass is 10.3. The van der Waals surface area contributed by atoms with E-state index in [-0.39, 0.29) is 0 Å². The highest BCUT2D eigenvalue weighted by Gasteiger charge is 2.12. The number of hydrogen-bond donors (Lipinski definition) is 1. The van der Waals surface area contributed by atoms with E-state index in [4.69, 9.17) is 4.74 Å². The van der Waals surface area contributed by atoms with Crippen molar-refractivity contribution in [2.75, 3.05) is 18.8 Å². The molecule has 0 unspecified atom stereocenters. The lowest BCUT2D eigenvalue weighted by Gasteiger charge is -2.06. The third-order valence-corrected chi connectivity index (χ3v) is 6.83. The summed E-state index contributed by atoms with van der Waals surface area (Å²) in [6, 6.07) is 10.7. The van der Waals surface area contributed by atoms with Gasteiger partial charge in [0.15, 0.2) is 21.3 Å². The minimum Gasteiger partial charge on any atom is -0.497 e. The lowest BCUT2D eigenvalue weighted by Crippen LogP contribution is -1.99. The predicted molar refractivity (Wildman–Crippen MR) is 112 cm³/mol. The summed E-state index contributed by atoms with van der Waals surface area (Å²) < 4.78 is 30.4. The molecule has 29 heavy (non-hydrogen) atoms. The van der Waals surface area contributed by atoms with Crippen LogP contribution in [0.2, 0.25) is 0 Å². The Balaban J connectivity index is 1.60. The third-order valence-electron chi connectivity index (χ3n) is 3.99. The van der Waals surface area contributed by atoms with E-state index in [1.54, 1.807) is 36.3 Å². The Morgan fingerprint density at radius 1 is 1.24 bits per heavy atom. The molecule has 0 saturated heterocycles. The molecule has 11 heteroatoms. The van der Waals surface area contributed by atoms with Crippen molar-refractivity contribution in [1.29, 1.82) is 0 Å². The zero-order valence-corrected chi connectivity index (χ0v) is 17.1. The monoisotopic (exact) mass is 428 g/mol. The number of sulfone groups is 1. The highest BCUT2D eigenvalue weighted by atomic mass is 32.2. The number of rotatable bonds is 6. The van der Waals surface area contributed by atoms with Gasteiger partial charge in [0.1, 0.15) is 16.3 Å². The maximum Gasteiger partial charge on any atom is 0.184 e. The van der Waals surface area contributed by atoms with Crippen LogP contribution in [-0.2, 0) is 9.84 Å². The van der Waals surface area contributed by atoms with Crippen molar-refractivity contribution in [2.45, 2.75) is 4.21 Å². The van der Waals surface area contributed by atoms with Gasteiger partial charge in [0.25, 0.3) is 0 Å². The zero-order valence-electron chi connectivity index (χ0n) is 15.5. The summed E-state index contributed by atoms with van der Waals surface area (Å²) in [6.07, 6.45) is 5.79. The fourth-order valence-electron chi connectivity index (χ4n) is 2.62. The van der Waals surface area contributed by atoms with Crippen LogP contribution in [0.4, 0.5) is 5.82 Å². The van der Waals surface area contributed by atoms with Crippen LogP contribution >= 0.6 is 11.3 Å². The first-order chi connectivity index (χ1) is 14.0. The number of hydrazone groups is 1. The number of benzene rings is 1. The summed E-state index contributed by atoms with van der Waals surface area (Å²) in [5, 5.41) is 9.25. The third kappa shape index (κ3) is 3.96. The van der Waals surface area contributed by atoms with Crippen molar-refractivity contribution >= 4 is 44.2 Å². The molecule has 0 aliphatic carbocycles. The first-order valence-electron chi connectivity index (χ1n) is 8.38. The van der Waals surface area contributed by atoms with Crippen LogP contribution in [0.25, 0.3) is 16.7 Å². The number of ether oxygens (including phenoxy) is 1. The highest BCUT2D eigenvalue weighted by Crippen LogP contribution is 2.24. The van der Waals surface area contributed by atoms with E-state index in [9.17, 15) is 8.42 Å². The molecule has 0 aliphatic rings. The largest absolute Gasteiger partial charge is 0.497 e. The summed E-state index contributed by atoms with van der Waals surface area (Å²) in [7, 11) is -1.61. The van der Waals surface area contributed by atoms with Gasteiger partial charge in [0.05, 0.1) is 30.6 Å². The molecule has 0 saturated carbocycles. The molecule has 148 valence electrons. The number of thiophene rings is 1. The normalized spacial score (nSPS) is 11.9. The molecule has 4 aromatic rings. The fourth-order valence-corrected chi connectivity index (χ4v) is 4.44. The quantitative estimate of drug-likeness (QED) is 0.371. The molecule has 0 atom stereocenters. The Kier molecular flexibility index (Phi) is 4.99. The lowest BCUT2D eigenvalue weighted by molar-refractivity contribution is 0.414. The van der Waals surface area contributed by atoms with Crippen molar-refractivity contribution in [3.8, 4) is 11.4 Å². The van der Waals surface area contributed by atoms with Gasteiger partial charge >= 0.3 is 0 Å². The van der Waals surface area contributed by atoms with Crippen LogP contribution < -0.4 is 10.2 Å². The summed E-state index contributed by atoms with van der Waals surface area (Å²) >= 11 is 1.15. The van der Waals surface area contributed by atoms with Gasteiger partial charge in [0.2, 0.25) is 0 Å². The maximum absolute atomic E-state index is 11.6. The second-order valence-corrected chi connectivity index (χ2v) is 9.37. The molecule has 3 heterocycles. The Bertz CT molecular complexity index is 1310. The van der Waals surface area contributed by atoms with E-state index in [0.717, 1.165) is 17.0 Å². The van der Waals surface area contributed by atoms with Gasteiger partial charge in [-0.25, -0.2) is 23.1 Å². The number of nitrogens with one attached hydrogen (secondary N) is 1. The van der Waals surface area contributed by atoms with E-state index in [1.165, 1.54) is 12.6 Å². The van der Waals surface area contributed by atoms with Crippen LogP contribution in [0.5, 0.6) is 5.75 Å². The van der Waals surface area contributed by atoms with E-state index < -0.39 is 9.84 Å². The molecular weight excluding hydrogens is 412 g/mol. The van der Waals surface area contributed by atoms with E-state index >= 15 is 0 Å². The number of anilines is 1. The summed E-state index contributed by atoms with van der Waals surface area (Å²) in [4.78, 5) is 9.24. The van der Waals surface area contributed by atoms with Gasteiger partial charge in [0, 0.05) is 17.2 Å². The van der Waals surface area contributed by atoms with Crippen LogP contribution in [0, 0.1) is 0 Å². The maximum atomic E-state index is 11.6. The number of methoxy groups -OCH3 is 1. The van der Waals surface area contributed by atoms with E-state index in [2.05, 4.69) is 25.6 Å².